The molecule has 3 rings (SSSR count). The van der Waals surface area contributed by atoms with Gasteiger partial charge in [0.25, 0.3) is 0 Å². The van der Waals surface area contributed by atoms with E-state index in [1.54, 1.807) is 11.9 Å². The smallest absolute Gasteiger partial charge is 0.161 e. The number of nitrogens with zero attached hydrogens (tertiary/aromatic N) is 3. The van der Waals surface area contributed by atoms with Crippen LogP contribution in [0.4, 0.5) is 5.69 Å². The van der Waals surface area contributed by atoms with E-state index in [0.717, 1.165) is 16.9 Å². The van der Waals surface area contributed by atoms with Crippen LogP contribution >= 0.6 is 11.9 Å². The number of H-pyrrole nitrogens is 1. The van der Waals surface area contributed by atoms with Gasteiger partial charge in [-0.1, -0.05) is 18.2 Å². The number of hydrogen-bond acceptors (Lipinski definition) is 4. The van der Waals surface area contributed by atoms with Crippen molar-refractivity contribution in [2.45, 2.75) is 13.1 Å². The minimum Gasteiger partial charge on any atom is -0.283 e. The minimum atomic E-state index is 0.0150. The largest absolute Gasteiger partial charge is 0.283 e. The Morgan fingerprint density at radius 1 is 1.29 bits per heavy atom. The Kier molecular flexibility index (Phi) is 2.60. The molecule has 17 heavy (non-hydrogen) atoms. The number of aliphatic imine (C=N–C) groups is 1. The van der Waals surface area contributed by atoms with Crippen molar-refractivity contribution in [2.75, 3.05) is 4.31 Å². The molecule has 0 radical (unpaired) electrons. The summed E-state index contributed by atoms with van der Waals surface area (Å²) in [5.41, 5.74) is 5.22. The fourth-order valence-electron chi connectivity index (χ4n) is 1.86. The summed E-state index contributed by atoms with van der Waals surface area (Å²) in [7, 11) is 0. The van der Waals surface area contributed by atoms with Gasteiger partial charge < -0.3 is 0 Å². The lowest BCUT2D eigenvalue weighted by Gasteiger charge is -2.23. The lowest BCUT2D eigenvalue weighted by Crippen LogP contribution is -2.16. The lowest BCUT2D eigenvalue weighted by atomic mass is 10.2. The van der Waals surface area contributed by atoms with Crippen molar-refractivity contribution < 1.29 is 0 Å². The maximum absolute atomic E-state index is 4.50. The Balaban J connectivity index is 1.95. The van der Waals surface area contributed by atoms with Gasteiger partial charge in [0.1, 0.15) is 0 Å². The third kappa shape index (κ3) is 1.82. The zero-order valence-corrected chi connectivity index (χ0v) is 10.2. The zero-order chi connectivity index (χ0) is 11.7. The molecule has 0 bridgehead atoms. The Hall–Kier alpha value is -1.75. The van der Waals surface area contributed by atoms with Gasteiger partial charge in [-0.3, -0.25) is 14.4 Å². The summed E-state index contributed by atoms with van der Waals surface area (Å²) in [6.45, 7) is 2.02. The summed E-state index contributed by atoms with van der Waals surface area (Å²) in [4.78, 5) is 4.50. The molecule has 0 spiro atoms. The van der Waals surface area contributed by atoms with Crippen LogP contribution in [0.3, 0.4) is 0 Å². The van der Waals surface area contributed by atoms with Gasteiger partial charge in [-0.2, -0.15) is 5.10 Å². The second kappa shape index (κ2) is 4.25. The molecule has 1 aromatic heterocycles. The average molecular weight is 244 g/mol. The van der Waals surface area contributed by atoms with E-state index >= 15 is 0 Å². The van der Waals surface area contributed by atoms with Crippen LogP contribution < -0.4 is 4.31 Å². The number of hydrogen-bond donors (Lipinski definition) is 1. The Morgan fingerprint density at radius 2 is 2.12 bits per heavy atom. The molecule has 86 valence electrons. The van der Waals surface area contributed by atoms with E-state index in [0.29, 0.717) is 0 Å². The van der Waals surface area contributed by atoms with Gasteiger partial charge in [0.2, 0.25) is 0 Å². The first-order chi connectivity index (χ1) is 8.36. The van der Waals surface area contributed by atoms with E-state index < -0.39 is 0 Å². The van der Waals surface area contributed by atoms with Crippen molar-refractivity contribution in [3.8, 4) is 0 Å². The Bertz CT molecular complexity index is 534. The fourth-order valence-corrected chi connectivity index (χ4v) is 2.66. The lowest BCUT2D eigenvalue weighted by molar-refractivity contribution is 0.792. The first-order valence-corrected chi connectivity index (χ1v) is 6.22. The molecular weight excluding hydrogens is 232 g/mol. The molecule has 1 unspecified atom stereocenters. The predicted molar refractivity (Wildman–Crippen MR) is 71.1 cm³/mol. The highest BCUT2D eigenvalue weighted by atomic mass is 32.2. The summed E-state index contributed by atoms with van der Waals surface area (Å²) in [6.07, 6.45) is 1.86. The van der Waals surface area contributed by atoms with Gasteiger partial charge >= 0.3 is 0 Å². The minimum absolute atomic E-state index is 0.0150. The number of aromatic nitrogens is 2. The van der Waals surface area contributed by atoms with E-state index in [4.69, 9.17) is 0 Å². The number of para-hydroxylation sites is 1. The van der Waals surface area contributed by atoms with E-state index in [-0.39, 0.29) is 6.17 Å². The van der Waals surface area contributed by atoms with Crippen molar-refractivity contribution in [1.29, 1.82) is 0 Å². The number of benzene rings is 1. The summed E-state index contributed by atoms with van der Waals surface area (Å²) in [5.74, 6) is 0. The summed E-state index contributed by atoms with van der Waals surface area (Å²) in [5, 5.41) is 7.02. The van der Waals surface area contributed by atoms with E-state index in [2.05, 4.69) is 31.6 Å². The summed E-state index contributed by atoms with van der Waals surface area (Å²) >= 11 is 1.61. The quantitative estimate of drug-likeness (QED) is 0.826. The van der Waals surface area contributed by atoms with Crippen LogP contribution in [0.1, 0.15) is 17.4 Å². The molecule has 0 aliphatic carbocycles. The Morgan fingerprint density at radius 3 is 2.82 bits per heavy atom. The summed E-state index contributed by atoms with van der Waals surface area (Å²) < 4.78 is 2.18. The van der Waals surface area contributed by atoms with Crippen molar-refractivity contribution in [2.24, 2.45) is 4.99 Å². The Labute approximate surface area is 104 Å². The summed E-state index contributed by atoms with van der Waals surface area (Å²) in [6, 6.07) is 10.3. The van der Waals surface area contributed by atoms with Crippen LogP contribution in [-0.2, 0) is 0 Å². The van der Waals surface area contributed by atoms with E-state index in [1.165, 1.54) is 0 Å². The normalized spacial score (nSPS) is 18.9. The number of rotatable bonds is 2. The van der Waals surface area contributed by atoms with Crippen LogP contribution in [-0.4, -0.2) is 15.7 Å². The maximum atomic E-state index is 4.50. The van der Waals surface area contributed by atoms with Crippen molar-refractivity contribution in [3.63, 3.8) is 0 Å². The molecule has 0 saturated heterocycles. The van der Waals surface area contributed by atoms with Crippen LogP contribution in [0.25, 0.3) is 0 Å². The molecule has 5 heteroatoms. The van der Waals surface area contributed by atoms with E-state index in [9.17, 15) is 0 Å². The fraction of sp³-hybridized carbons (Fsp3) is 0.167. The predicted octanol–water partition coefficient (Wildman–Crippen LogP) is 2.91. The second-order valence-electron chi connectivity index (χ2n) is 3.85. The third-order valence-electron chi connectivity index (χ3n) is 2.74. The molecule has 0 fully saturated rings. The maximum Gasteiger partial charge on any atom is 0.161 e. The van der Waals surface area contributed by atoms with Gasteiger partial charge in [0.05, 0.1) is 17.4 Å². The number of anilines is 1. The first-order valence-electron chi connectivity index (χ1n) is 5.39. The molecule has 2 aromatic rings. The highest BCUT2D eigenvalue weighted by molar-refractivity contribution is 8.13. The number of nitrogens with one attached hydrogen (secondary N) is 1. The van der Waals surface area contributed by atoms with Crippen LogP contribution in [0.5, 0.6) is 0 Å². The monoisotopic (exact) mass is 244 g/mol. The van der Waals surface area contributed by atoms with Crippen LogP contribution in [0.2, 0.25) is 0 Å². The molecule has 1 N–H and O–H groups in total. The molecule has 1 aromatic carbocycles. The average Bonchev–Trinajstić information content (AvgIpc) is 2.98. The molecular formula is C12H12N4S. The van der Waals surface area contributed by atoms with Crippen molar-refractivity contribution in [1.82, 2.24) is 10.2 Å². The second-order valence-corrected chi connectivity index (χ2v) is 4.66. The topological polar surface area (TPSA) is 44.3 Å². The first kappa shape index (κ1) is 10.4. The standard InChI is InChI=1S/C12H12N4S/c1-9-11(7-14-15-9)12-13-8-17-16(12)10-5-3-2-4-6-10/h2-8,12H,1H3,(H,14,15). The van der Waals surface area contributed by atoms with Gasteiger partial charge in [0.15, 0.2) is 6.17 Å². The molecule has 1 aliphatic rings. The van der Waals surface area contributed by atoms with Crippen molar-refractivity contribution >= 4 is 23.2 Å². The van der Waals surface area contributed by atoms with Gasteiger partial charge in [-0.25, -0.2) is 0 Å². The molecule has 1 atom stereocenters. The highest BCUT2D eigenvalue weighted by Gasteiger charge is 2.26. The SMILES string of the molecule is Cc1[nH]ncc1C1N=CSN1c1ccccc1. The van der Waals surface area contributed by atoms with Gasteiger partial charge in [-0.15, -0.1) is 0 Å². The molecule has 2 heterocycles. The third-order valence-corrected chi connectivity index (χ3v) is 3.60. The number of aryl methyl sites for hydroxylation is 1. The van der Waals surface area contributed by atoms with Crippen LogP contribution in [0.15, 0.2) is 41.5 Å². The highest BCUT2D eigenvalue weighted by Crippen LogP contribution is 2.38. The molecule has 4 nitrogen and oxygen atoms in total. The zero-order valence-electron chi connectivity index (χ0n) is 9.37. The number of aromatic amines is 1. The molecule has 0 amide bonds. The molecule has 1 aliphatic heterocycles. The van der Waals surface area contributed by atoms with Gasteiger partial charge in [-0.05, 0) is 19.1 Å². The van der Waals surface area contributed by atoms with Crippen LogP contribution in [0, 0.1) is 6.92 Å². The van der Waals surface area contributed by atoms with E-state index in [1.807, 2.05) is 36.9 Å². The van der Waals surface area contributed by atoms with Crippen molar-refractivity contribution in [3.05, 3.63) is 47.8 Å². The molecule has 0 saturated carbocycles. The van der Waals surface area contributed by atoms with Gasteiger partial charge in [0, 0.05) is 23.2 Å².